The normalized spacial score (nSPS) is 16.5. The number of para-hydroxylation sites is 2. The first kappa shape index (κ1) is 11.5. The number of rotatable bonds is 3. The Morgan fingerprint density at radius 3 is 2.94 bits per heavy atom. The summed E-state index contributed by atoms with van der Waals surface area (Å²) in [5, 5.41) is 7.24. The summed E-state index contributed by atoms with van der Waals surface area (Å²) in [6, 6.07) is 8.68. The number of imidazole rings is 1. The quantitative estimate of drug-likeness (QED) is 0.741. The van der Waals surface area contributed by atoms with Crippen molar-refractivity contribution in [1.82, 2.24) is 20.6 Å². The minimum atomic E-state index is 0.0798. The maximum absolute atomic E-state index is 5.26. The highest BCUT2D eigenvalue weighted by molar-refractivity contribution is 7.80. The number of thiocarbonyl (C=S) groups is 1. The molecule has 5 heteroatoms. The van der Waals surface area contributed by atoms with Crippen molar-refractivity contribution in [2.75, 3.05) is 0 Å². The van der Waals surface area contributed by atoms with Crippen molar-refractivity contribution in [3.63, 3.8) is 0 Å². The van der Waals surface area contributed by atoms with Gasteiger partial charge in [-0.1, -0.05) is 12.1 Å². The first-order valence-corrected chi connectivity index (χ1v) is 6.65. The number of nitrogens with one attached hydrogen (secondary N) is 3. The van der Waals surface area contributed by atoms with Gasteiger partial charge in [0.2, 0.25) is 0 Å². The number of hydrogen-bond acceptors (Lipinski definition) is 2. The fourth-order valence-electron chi connectivity index (χ4n) is 1.90. The van der Waals surface area contributed by atoms with Crippen LogP contribution >= 0.6 is 12.2 Å². The number of fused-ring (bicyclic) bond motifs is 1. The molecule has 1 aliphatic carbocycles. The first-order chi connectivity index (χ1) is 8.72. The van der Waals surface area contributed by atoms with Gasteiger partial charge in [0.05, 0.1) is 17.1 Å². The van der Waals surface area contributed by atoms with E-state index in [-0.39, 0.29) is 6.04 Å². The summed E-state index contributed by atoms with van der Waals surface area (Å²) in [5.74, 6) is 0.913. The Kier molecular flexibility index (Phi) is 2.91. The van der Waals surface area contributed by atoms with Gasteiger partial charge in [-0.25, -0.2) is 4.98 Å². The second-order valence-electron chi connectivity index (χ2n) is 4.75. The topological polar surface area (TPSA) is 52.7 Å². The molecular formula is C13H16N4S. The summed E-state index contributed by atoms with van der Waals surface area (Å²) in [6.07, 6.45) is 2.45. The molecule has 1 aromatic carbocycles. The predicted molar refractivity (Wildman–Crippen MR) is 76.4 cm³/mol. The Bertz CT molecular complexity index is 540. The van der Waals surface area contributed by atoms with Gasteiger partial charge in [-0.05, 0) is 44.1 Å². The van der Waals surface area contributed by atoms with Crippen LogP contribution in [0.5, 0.6) is 0 Å². The molecule has 3 N–H and O–H groups in total. The maximum atomic E-state index is 5.26. The highest BCUT2D eigenvalue weighted by Gasteiger charge is 2.22. The monoisotopic (exact) mass is 260 g/mol. The molecule has 3 rings (SSSR count). The Hall–Kier alpha value is -1.62. The summed E-state index contributed by atoms with van der Waals surface area (Å²) in [6.45, 7) is 2.05. The fourth-order valence-corrected chi connectivity index (χ4v) is 2.24. The molecular weight excluding hydrogens is 244 g/mol. The number of nitrogens with zero attached hydrogens (tertiary/aromatic N) is 1. The summed E-state index contributed by atoms with van der Waals surface area (Å²) < 4.78 is 0. The van der Waals surface area contributed by atoms with E-state index in [1.54, 1.807) is 0 Å². The standard InChI is InChI=1S/C13H16N4S/c1-8(14-13(18)15-9-6-7-9)12-16-10-4-2-3-5-11(10)17-12/h2-5,8-9H,6-7H2,1H3,(H,16,17)(H2,14,15,18)/t8-/m0/s1. The van der Waals surface area contributed by atoms with Crippen LogP contribution in [0.4, 0.5) is 0 Å². The molecule has 0 amide bonds. The van der Waals surface area contributed by atoms with E-state index in [4.69, 9.17) is 12.2 Å². The Labute approximate surface area is 111 Å². The van der Waals surface area contributed by atoms with Gasteiger partial charge in [0.1, 0.15) is 5.82 Å². The summed E-state index contributed by atoms with van der Waals surface area (Å²) in [4.78, 5) is 7.86. The highest BCUT2D eigenvalue weighted by Crippen LogP contribution is 2.19. The van der Waals surface area contributed by atoms with Crippen molar-refractivity contribution < 1.29 is 0 Å². The van der Waals surface area contributed by atoms with Gasteiger partial charge in [0, 0.05) is 6.04 Å². The van der Waals surface area contributed by atoms with Gasteiger partial charge in [0.25, 0.3) is 0 Å². The van der Waals surface area contributed by atoms with Crippen LogP contribution in [0, 0.1) is 0 Å². The van der Waals surface area contributed by atoms with Crippen LogP contribution in [0.15, 0.2) is 24.3 Å². The number of hydrogen-bond donors (Lipinski definition) is 3. The SMILES string of the molecule is C[C@H](NC(=S)NC1CC1)c1nc2ccccc2[nH]1. The van der Waals surface area contributed by atoms with E-state index >= 15 is 0 Å². The molecule has 0 aliphatic heterocycles. The molecule has 0 radical (unpaired) electrons. The molecule has 0 unspecified atom stereocenters. The van der Waals surface area contributed by atoms with Gasteiger partial charge in [-0.2, -0.15) is 0 Å². The fraction of sp³-hybridized carbons (Fsp3) is 0.385. The molecule has 1 fully saturated rings. The molecule has 0 bridgehead atoms. The molecule has 1 heterocycles. The van der Waals surface area contributed by atoms with Gasteiger partial charge < -0.3 is 15.6 Å². The summed E-state index contributed by atoms with van der Waals surface area (Å²) in [7, 11) is 0. The van der Waals surface area contributed by atoms with Crippen LogP contribution in [0.3, 0.4) is 0 Å². The van der Waals surface area contributed by atoms with Gasteiger partial charge >= 0.3 is 0 Å². The Morgan fingerprint density at radius 2 is 2.22 bits per heavy atom. The van der Waals surface area contributed by atoms with Crippen LogP contribution in [-0.4, -0.2) is 21.1 Å². The average Bonchev–Trinajstić information content (AvgIpc) is 3.05. The smallest absolute Gasteiger partial charge is 0.167 e. The van der Waals surface area contributed by atoms with E-state index in [9.17, 15) is 0 Å². The molecule has 94 valence electrons. The van der Waals surface area contributed by atoms with E-state index in [2.05, 4.69) is 27.5 Å². The lowest BCUT2D eigenvalue weighted by atomic mass is 10.3. The average molecular weight is 260 g/mol. The minimum absolute atomic E-state index is 0.0798. The lowest BCUT2D eigenvalue weighted by Crippen LogP contribution is -2.38. The van der Waals surface area contributed by atoms with Gasteiger partial charge in [0.15, 0.2) is 5.11 Å². The van der Waals surface area contributed by atoms with Crippen LogP contribution in [-0.2, 0) is 0 Å². The van der Waals surface area contributed by atoms with Crippen molar-refractivity contribution in [3.8, 4) is 0 Å². The molecule has 1 aromatic heterocycles. The maximum Gasteiger partial charge on any atom is 0.167 e. The number of aromatic amines is 1. The van der Waals surface area contributed by atoms with E-state index < -0.39 is 0 Å². The van der Waals surface area contributed by atoms with Crippen molar-refractivity contribution >= 4 is 28.4 Å². The molecule has 1 saturated carbocycles. The molecule has 1 atom stereocenters. The Balaban J connectivity index is 1.70. The molecule has 0 spiro atoms. The zero-order valence-electron chi connectivity index (χ0n) is 10.2. The van der Waals surface area contributed by atoms with E-state index in [1.165, 1.54) is 12.8 Å². The first-order valence-electron chi connectivity index (χ1n) is 6.24. The third kappa shape index (κ3) is 2.46. The summed E-state index contributed by atoms with van der Waals surface area (Å²) in [5.41, 5.74) is 2.05. The minimum Gasteiger partial charge on any atom is -0.360 e. The van der Waals surface area contributed by atoms with E-state index in [0.29, 0.717) is 11.2 Å². The van der Waals surface area contributed by atoms with Crippen molar-refractivity contribution in [3.05, 3.63) is 30.1 Å². The van der Waals surface area contributed by atoms with Gasteiger partial charge in [-0.3, -0.25) is 0 Å². The molecule has 2 aromatic rings. The van der Waals surface area contributed by atoms with Crippen LogP contribution in [0.1, 0.15) is 31.6 Å². The van der Waals surface area contributed by atoms with E-state index in [1.807, 2.05) is 24.3 Å². The number of aromatic nitrogens is 2. The second kappa shape index (κ2) is 4.57. The zero-order chi connectivity index (χ0) is 12.5. The number of H-pyrrole nitrogens is 1. The Morgan fingerprint density at radius 1 is 1.44 bits per heavy atom. The largest absolute Gasteiger partial charge is 0.360 e. The van der Waals surface area contributed by atoms with E-state index in [0.717, 1.165) is 16.9 Å². The van der Waals surface area contributed by atoms with Crippen LogP contribution < -0.4 is 10.6 Å². The van der Waals surface area contributed by atoms with Crippen molar-refractivity contribution in [1.29, 1.82) is 0 Å². The molecule has 1 aliphatic rings. The predicted octanol–water partition coefficient (Wildman–Crippen LogP) is 2.25. The lowest BCUT2D eigenvalue weighted by molar-refractivity contribution is 0.661. The number of benzene rings is 1. The van der Waals surface area contributed by atoms with Crippen molar-refractivity contribution in [2.45, 2.75) is 31.8 Å². The van der Waals surface area contributed by atoms with Gasteiger partial charge in [-0.15, -0.1) is 0 Å². The van der Waals surface area contributed by atoms with Crippen LogP contribution in [0.25, 0.3) is 11.0 Å². The molecule has 0 saturated heterocycles. The molecule has 18 heavy (non-hydrogen) atoms. The third-order valence-electron chi connectivity index (χ3n) is 3.08. The van der Waals surface area contributed by atoms with Crippen molar-refractivity contribution in [2.24, 2.45) is 0 Å². The zero-order valence-corrected chi connectivity index (χ0v) is 11.1. The lowest BCUT2D eigenvalue weighted by Gasteiger charge is -2.14. The second-order valence-corrected chi connectivity index (χ2v) is 5.16. The third-order valence-corrected chi connectivity index (χ3v) is 3.31. The molecule has 4 nitrogen and oxygen atoms in total. The summed E-state index contributed by atoms with van der Waals surface area (Å²) >= 11 is 5.26. The highest BCUT2D eigenvalue weighted by atomic mass is 32.1. The van der Waals surface area contributed by atoms with Crippen LogP contribution in [0.2, 0.25) is 0 Å².